The molecule has 8 heterocycles. The number of fused-ring (bicyclic) bond motifs is 10. The summed E-state index contributed by atoms with van der Waals surface area (Å²) < 4.78 is 75.3. The standard InChI is InChI=1S/C41H57F4N11O2/c1-23-47-33-13-26(43)12-30-32-5-4-6-36(49-32)48-27-15-28(19-52(2)20-29(57-3)21-54(23)38(30)33)55(18-27)39-31-16-46-56-34-8-7-25(42)14-35(34)58-10-9-53-17-24(41(44,45)22-53)11-37(50-39)51-40(31)56/h7-8,14,16,23-24,26-30,32-33,36,38,47-49H,4-6,9-13,15,17-22H2,1-3H3/t23?,24?,26?,27-,28-,29+,30?,32?,33?,36?,38?/m0/s1. The van der Waals surface area contributed by atoms with Gasteiger partial charge in [0.25, 0.3) is 5.92 Å². The number of ether oxygens (including phenoxy) is 2. The van der Waals surface area contributed by atoms with E-state index in [1.165, 1.54) is 12.1 Å². The van der Waals surface area contributed by atoms with Gasteiger partial charge in [-0.05, 0) is 70.5 Å². The topological polar surface area (TPSA) is 111 Å². The lowest BCUT2D eigenvalue weighted by molar-refractivity contribution is -0.0275. The number of piperidine rings is 1. The Morgan fingerprint density at radius 3 is 2.72 bits per heavy atom. The summed E-state index contributed by atoms with van der Waals surface area (Å²) >= 11 is 0. The summed E-state index contributed by atoms with van der Waals surface area (Å²) in [5.41, 5.74) is 0.989. The molecule has 3 aromatic rings. The van der Waals surface area contributed by atoms with Gasteiger partial charge < -0.3 is 19.3 Å². The minimum Gasteiger partial charge on any atom is -0.490 e. The maximum atomic E-state index is 15.6. The fourth-order valence-corrected chi connectivity index (χ4v) is 11.7. The van der Waals surface area contributed by atoms with Crippen LogP contribution in [-0.2, 0) is 11.2 Å². The molecule has 12 atom stereocenters. The molecular weight excluding hydrogens is 755 g/mol. The second kappa shape index (κ2) is 15.4. The van der Waals surface area contributed by atoms with Gasteiger partial charge in [0, 0.05) is 95.0 Å². The first-order valence-corrected chi connectivity index (χ1v) is 21.4. The lowest BCUT2D eigenvalue weighted by Crippen LogP contribution is -2.61. The molecule has 9 unspecified atom stereocenters. The number of aromatic nitrogens is 4. The van der Waals surface area contributed by atoms with E-state index in [2.05, 4.69) is 44.6 Å². The molecule has 13 nitrogen and oxygen atoms in total. The van der Waals surface area contributed by atoms with E-state index < -0.39 is 23.8 Å². The molecule has 6 fully saturated rings. The number of halogens is 4. The van der Waals surface area contributed by atoms with Crippen LogP contribution in [0.2, 0.25) is 0 Å². The number of rotatable bonds is 2. The Kier molecular flexibility index (Phi) is 10.3. The summed E-state index contributed by atoms with van der Waals surface area (Å²) in [7, 11) is 3.92. The molecule has 0 amide bonds. The highest BCUT2D eigenvalue weighted by Gasteiger charge is 2.52. The fraction of sp³-hybridized carbons (Fsp3) is 0.732. The van der Waals surface area contributed by atoms with Crippen LogP contribution in [-0.4, -0.2) is 162 Å². The highest BCUT2D eigenvalue weighted by atomic mass is 19.3. The third-order valence-corrected chi connectivity index (χ3v) is 14.3. The smallest absolute Gasteiger partial charge is 0.264 e. The maximum Gasteiger partial charge on any atom is 0.264 e. The van der Waals surface area contributed by atoms with Crippen LogP contribution >= 0.6 is 0 Å². The summed E-state index contributed by atoms with van der Waals surface area (Å²) in [4.78, 5) is 19.0. The van der Waals surface area contributed by atoms with Crippen molar-refractivity contribution in [1.29, 1.82) is 0 Å². The Morgan fingerprint density at radius 1 is 0.983 bits per heavy atom. The molecule has 6 aliphatic heterocycles. The van der Waals surface area contributed by atoms with E-state index in [9.17, 15) is 4.39 Å². The lowest BCUT2D eigenvalue weighted by atomic mass is 9.74. The zero-order chi connectivity index (χ0) is 39.9. The molecular formula is C41H57F4N11O2. The van der Waals surface area contributed by atoms with Crippen molar-refractivity contribution in [2.24, 2.45) is 11.8 Å². The number of hydrogen-bond acceptors (Lipinski definition) is 12. The van der Waals surface area contributed by atoms with Crippen molar-refractivity contribution in [2.75, 3.05) is 71.5 Å². The minimum atomic E-state index is -2.93. The van der Waals surface area contributed by atoms with Crippen molar-refractivity contribution < 1.29 is 27.0 Å². The van der Waals surface area contributed by atoms with E-state index in [0.29, 0.717) is 60.8 Å². The quantitative estimate of drug-likeness (QED) is 0.331. The van der Waals surface area contributed by atoms with Crippen LogP contribution in [0.5, 0.6) is 5.75 Å². The highest BCUT2D eigenvalue weighted by Crippen LogP contribution is 2.41. The first kappa shape index (κ1) is 39.0. The van der Waals surface area contributed by atoms with Crippen molar-refractivity contribution >= 4 is 16.9 Å². The van der Waals surface area contributed by atoms with Crippen LogP contribution in [0.25, 0.3) is 16.7 Å². The van der Waals surface area contributed by atoms with E-state index in [0.717, 1.165) is 32.2 Å². The molecule has 0 radical (unpaired) electrons. The Morgan fingerprint density at radius 2 is 1.86 bits per heavy atom. The van der Waals surface area contributed by atoms with Crippen LogP contribution in [0.1, 0.15) is 51.3 Å². The molecule has 316 valence electrons. The number of anilines is 1. The van der Waals surface area contributed by atoms with Gasteiger partial charge in [0.05, 0.1) is 36.6 Å². The zero-order valence-electron chi connectivity index (χ0n) is 33.7. The number of likely N-dealkylation sites (N-methyl/N-ethyl adjacent to an activating group) is 1. The van der Waals surface area contributed by atoms with Gasteiger partial charge in [0.1, 0.15) is 41.7 Å². The predicted octanol–water partition coefficient (Wildman–Crippen LogP) is 3.16. The Hall–Kier alpha value is -3.19. The average Bonchev–Trinajstić information content (AvgIpc) is 3.93. The number of nitrogens with one attached hydrogen (secondary N) is 3. The SMILES string of the molecule is CO[C@@H]1CN(C)C[C@@H]2C[C@@H](CN2c2nc3nc4c2cnn4-c2ccc(F)cc2OCCN2CC(C3)C(F)(F)C2)NC2CCCC(N2)C2CC(F)CC3NC(C)N(C1)C32. The van der Waals surface area contributed by atoms with Crippen molar-refractivity contribution in [3.8, 4) is 11.4 Å². The van der Waals surface area contributed by atoms with Gasteiger partial charge >= 0.3 is 0 Å². The number of nitrogens with zero attached hydrogens (tertiary/aromatic N) is 8. The van der Waals surface area contributed by atoms with Crippen LogP contribution in [0.15, 0.2) is 24.4 Å². The average molecular weight is 812 g/mol. The van der Waals surface area contributed by atoms with Crippen molar-refractivity contribution in [1.82, 2.24) is 50.4 Å². The summed E-state index contributed by atoms with van der Waals surface area (Å²) in [5, 5.41) is 17.2. The number of hydrogen-bond donors (Lipinski definition) is 3. The molecule has 7 aliphatic rings. The summed E-state index contributed by atoms with van der Waals surface area (Å²) in [6.07, 6.45) is 6.01. The van der Waals surface area contributed by atoms with E-state index in [1.54, 1.807) is 29.0 Å². The second-order valence-electron chi connectivity index (χ2n) is 18.2. The van der Waals surface area contributed by atoms with E-state index >= 15 is 13.2 Å². The lowest BCUT2D eigenvalue weighted by Gasteiger charge is -2.47. The van der Waals surface area contributed by atoms with Gasteiger partial charge in [-0.2, -0.15) is 5.10 Å². The molecule has 5 saturated heterocycles. The third kappa shape index (κ3) is 7.25. The number of alkyl halides is 3. The molecule has 58 heavy (non-hydrogen) atoms. The maximum absolute atomic E-state index is 15.6. The first-order valence-electron chi connectivity index (χ1n) is 21.4. The van der Waals surface area contributed by atoms with Crippen molar-refractivity contribution in [2.45, 2.75) is 113 Å². The van der Waals surface area contributed by atoms with Gasteiger partial charge in [-0.15, -0.1) is 0 Å². The molecule has 0 spiro atoms. The monoisotopic (exact) mass is 811 g/mol. The normalized spacial score (nSPS) is 38.2. The Labute approximate surface area is 337 Å². The van der Waals surface area contributed by atoms with Crippen LogP contribution < -0.4 is 25.6 Å². The molecule has 2 aromatic heterocycles. The fourth-order valence-electron chi connectivity index (χ4n) is 11.7. The van der Waals surface area contributed by atoms with Crippen molar-refractivity contribution in [3.05, 3.63) is 36.0 Å². The molecule has 3 N–H and O–H groups in total. The van der Waals surface area contributed by atoms with Crippen LogP contribution in [0.3, 0.4) is 0 Å². The zero-order valence-corrected chi connectivity index (χ0v) is 33.7. The van der Waals surface area contributed by atoms with E-state index in [4.69, 9.17) is 24.5 Å². The summed E-state index contributed by atoms with van der Waals surface area (Å²) in [6, 6.07) is 4.95. The second-order valence-corrected chi connectivity index (χ2v) is 18.2. The molecule has 1 saturated carbocycles. The summed E-state index contributed by atoms with van der Waals surface area (Å²) in [5.74, 6) is -2.93. The first-order chi connectivity index (χ1) is 28.0. The number of benzene rings is 1. The minimum absolute atomic E-state index is 0.00424. The van der Waals surface area contributed by atoms with Gasteiger partial charge in [0.15, 0.2) is 5.65 Å². The van der Waals surface area contributed by atoms with E-state index in [1.807, 2.05) is 0 Å². The molecule has 1 aliphatic carbocycles. The van der Waals surface area contributed by atoms with E-state index in [-0.39, 0.29) is 93.0 Å². The molecule has 17 heteroatoms. The molecule has 10 rings (SSSR count). The molecule has 1 aromatic carbocycles. The van der Waals surface area contributed by atoms with Gasteiger partial charge in [-0.3, -0.25) is 25.8 Å². The Bertz CT molecular complexity index is 1970. The van der Waals surface area contributed by atoms with Crippen molar-refractivity contribution in [3.63, 3.8) is 0 Å². The largest absolute Gasteiger partial charge is 0.490 e. The summed E-state index contributed by atoms with van der Waals surface area (Å²) in [6.45, 7) is 5.20. The Balaban J connectivity index is 1.03. The van der Waals surface area contributed by atoms with Crippen LogP contribution in [0.4, 0.5) is 23.4 Å². The highest BCUT2D eigenvalue weighted by molar-refractivity contribution is 5.88. The number of methoxy groups -OCH3 is 1. The third-order valence-electron chi connectivity index (χ3n) is 14.3. The van der Waals surface area contributed by atoms with Gasteiger partial charge in [0.2, 0.25) is 0 Å². The van der Waals surface area contributed by atoms with Gasteiger partial charge in [-0.1, -0.05) is 0 Å². The van der Waals surface area contributed by atoms with Crippen LogP contribution in [0, 0.1) is 17.7 Å². The van der Waals surface area contributed by atoms with Gasteiger partial charge in [-0.25, -0.2) is 32.2 Å². The predicted molar refractivity (Wildman–Crippen MR) is 211 cm³/mol. The molecule has 8 bridgehead atoms.